The van der Waals surface area contributed by atoms with Crippen molar-refractivity contribution >= 4 is 29.1 Å². The lowest BCUT2D eigenvalue weighted by Crippen LogP contribution is -2.48. The first-order valence-corrected chi connectivity index (χ1v) is 10.0. The number of nitrogens with one attached hydrogen (secondary N) is 1. The largest absolute Gasteiger partial charge is 0.355 e. The van der Waals surface area contributed by atoms with Gasteiger partial charge in [0.25, 0.3) is 0 Å². The van der Waals surface area contributed by atoms with Crippen molar-refractivity contribution in [1.82, 2.24) is 15.1 Å². The number of amides is 1. The Hall–Kier alpha value is -1.59. The quantitative estimate of drug-likeness (QED) is 0.765. The first-order chi connectivity index (χ1) is 13.1. The Morgan fingerprint density at radius 3 is 2.37 bits per heavy atom. The summed E-state index contributed by atoms with van der Waals surface area (Å²) in [5.41, 5.74) is 2.16. The summed E-state index contributed by atoms with van der Waals surface area (Å²) in [6.45, 7) is 6.72. The van der Waals surface area contributed by atoms with Crippen LogP contribution in [0.1, 0.15) is 11.1 Å². The van der Waals surface area contributed by atoms with Crippen molar-refractivity contribution in [3.05, 3.63) is 69.7 Å². The van der Waals surface area contributed by atoms with Gasteiger partial charge in [0.15, 0.2) is 0 Å². The molecule has 1 saturated heterocycles. The Balaban J connectivity index is 1.33. The minimum Gasteiger partial charge on any atom is -0.355 e. The van der Waals surface area contributed by atoms with Crippen LogP contribution >= 0.6 is 23.2 Å². The molecule has 0 spiro atoms. The molecular formula is C21H25Cl2N3O. The number of nitrogens with zero attached hydrogens (tertiary/aromatic N) is 2. The van der Waals surface area contributed by atoms with Crippen LogP contribution in [0, 0.1) is 0 Å². The van der Waals surface area contributed by atoms with Crippen molar-refractivity contribution in [2.75, 3.05) is 39.3 Å². The first kappa shape index (κ1) is 20.2. The Bertz CT molecular complexity index is 746. The summed E-state index contributed by atoms with van der Waals surface area (Å²) in [6.07, 6.45) is 0.279. The van der Waals surface area contributed by atoms with Crippen LogP contribution in [0.3, 0.4) is 0 Å². The van der Waals surface area contributed by atoms with E-state index in [1.807, 2.05) is 0 Å². The highest BCUT2D eigenvalue weighted by Gasteiger charge is 2.17. The van der Waals surface area contributed by atoms with Gasteiger partial charge in [-0.15, -0.1) is 0 Å². The van der Waals surface area contributed by atoms with Crippen LogP contribution in [0.4, 0.5) is 0 Å². The molecule has 0 atom stereocenters. The van der Waals surface area contributed by atoms with E-state index in [2.05, 4.69) is 45.4 Å². The van der Waals surface area contributed by atoms with Gasteiger partial charge in [0, 0.05) is 55.9 Å². The van der Waals surface area contributed by atoms with Gasteiger partial charge in [0.2, 0.25) is 5.91 Å². The average molecular weight is 406 g/mol. The second-order valence-electron chi connectivity index (χ2n) is 6.87. The lowest BCUT2D eigenvalue weighted by molar-refractivity contribution is -0.120. The standard InChI is InChI=1S/C21H25Cl2N3O/c22-19-7-6-18(20(23)15-19)14-21(27)24-8-9-25-10-12-26(13-11-25)16-17-4-2-1-3-5-17/h1-7,15H,8-14,16H2,(H,24,27). The predicted molar refractivity (Wildman–Crippen MR) is 111 cm³/mol. The van der Waals surface area contributed by atoms with Crippen LogP contribution in [0.5, 0.6) is 0 Å². The summed E-state index contributed by atoms with van der Waals surface area (Å²) in [6, 6.07) is 15.8. The first-order valence-electron chi connectivity index (χ1n) is 9.29. The molecule has 0 aliphatic carbocycles. The second-order valence-corrected chi connectivity index (χ2v) is 7.71. The number of benzene rings is 2. The summed E-state index contributed by atoms with van der Waals surface area (Å²) in [5.74, 6) is -0.0121. The zero-order valence-electron chi connectivity index (χ0n) is 15.3. The molecule has 2 aromatic rings. The van der Waals surface area contributed by atoms with E-state index in [0.29, 0.717) is 16.6 Å². The van der Waals surface area contributed by atoms with Gasteiger partial charge >= 0.3 is 0 Å². The van der Waals surface area contributed by atoms with Gasteiger partial charge in [-0.1, -0.05) is 59.6 Å². The van der Waals surface area contributed by atoms with Crippen molar-refractivity contribution in [1.29, 1.82) is 0 Å². The lowest BCUT2D eigenvalue weighted by Gasteiger charge is -2.34. The van der Waals surface area contributed by atoms with E-state index in [1.165, 1.54) is 5.56 Å². The van der Waals surface area contributed by atoms with Crippen molar-refractivity contribution in [2.45, 2.75) is 13.0 Å². The van der Waals surface area contributed by atoms with Gasteiger partial charge < -0.3 is 5.32 Å². The average Bonchev–Trinajstić information content (AvgIpc) is 2.66. The number of hydrogen-bond donors (Lipinski definition) is 1. The van der Waals surface area contributed by atoms with E-state index in [0.717, 1.165) is 44.8 Å². The maximum absolute atomic E-state index is 12.1. The van der Waals surface area contributed by atoms with Gasteiger partial charge in [-0.3, -0.25) is 14.6 Å². The molecule has 1 fully saturated rings. The molecule has 144 valence electrons. The fourth-order valence-electron chi connectivity index (χ4n) is 3.27. The molecule has 0 aromatic heterocycles. The van der Waals surface area contributed by atoms with Crippen molar-refractivity contribution in [2.24, 2.45) is 0 Å². The highest BCUT2D eigenvalue weighted by molar-refractivity contribution is 6.35. The minimum atomic E-state index is -0.0121. The molecule has 1 heterocycles. The lowest BCUT2D eigenvalue weighted by atomic mass is 10.1. The van der Waals surface area contributed by atoms with E-state index in [1.54, 1.807) is 18.2 Å². The number of halogens is 2. The Morgan fingerprint density at radius 2 is 1.67 bits per heavy atom. The maximum atomic E-state index is 12.1. The Morgan fingerprint density at radius 1 is 0.963 bits per heavy atom. The zero-order valence-corrected chi connectivity index (χ0v) is 16.8. The Labute approximate surface area is 171 Å². The molecular weight excluding hydrogens is 381 g/mol. The van der Waals surface area contributed by atoms with Gasteiger partial charge in [-0.25, -0.2) is 0 Å². The molecule has 0 unspecified atom stereocenters. The number of rotatable bonds is 7. The monoisotopic (exact) mass is 405 g/mol. The second kappa shape index (κ2) is 10.1. The van der Waals surface area contributed by atoms with Crippen LogP contribution in [0.15, 0.2) is 48.5 Å². The topological polar surface area (TPSA) is 35.6 Å². The number of carbonyl (C=O) groups excluding carboxylic acids is 1. The molecule has 4 nitrogen and oxygen atoms in total. The van der Waals surface area contributed by atoms with Crippen molar-refractivity contribution in [3.63, 3.8) is 0 Å². The van der Waals surface area contributed by atoms with Crippen LogP contribution in [0.25, 0.3) is 0 Å². The number of hydrogen-bond acceptors (Lipinski definition) is 3. The smallest absolute Gasteiger partial charge is 0.224 e. The van der Waals surface area contributed by atoms with E-state index in [4.69, 9.17) is 23.2 Å². The summed E-state index contributed by atoms with van der Waals surface area (Å²) in [7, 11) is 0. The van der Waals surface area contributed by atoms with Crippen LogP contribution in [-0.2, 0) is 17.8 Å². The molecule has 1 aliphatic heterocycles. The van der Waals surface area contributed by atoms with Gasteiger partial charge in [0.1, 0.15) is 0 Å². The fourth-order valence-corrected chi connectivity index (χ4v) is 3.74. The molecule has 3 rings (SSSR count). The van der Waals surface area contributed by atoms with Gasteiger partial charge in [-0.2, -0.15) is 0 Å². The van der Waals surface area contributed by atoms with Crippen molar-refractivity contribution in [3.8, 4) is 0 Å². The highest BCUT2D eigenvalue weighted by atomic mass is 35.5. The molecule has 0 radical (unpaired) electrons. The third-order valence-electron chi connectivity index (χ3n) is 4.83. The fraction of sp³-hybridized carbons (Fsp3) is 0.381. The summed E-state index contributed by atoms with van der Waals surface area (Å²) >= 11 is 12.0. The third kappa shape index (κ3) is 6.51. The molecule has 1 amide bonds. The number of piperazine rings is 1. The van der Waals surface area contributed by atoms with Crippen LogP contribution < -0.4 is 5.32 Å². The van der Waals surface area contributed by atoms with E-state index in [-0.39, 0.29) is 12.3 Å². The molecule has 0 saturated carbocycles. The maximum Gasteiger partial charge on any atom is 0.224 e. The van der Waals surface area contributed by atoms with Crippen molar-refractivity contribution < 1.29 is 4.79 Å². The molecule has 2 aromatic carbocycles. The molecule has 6 heteroatoms. The Kier molecular flexibility index (Phi) is 7.53. The molecule has 0 bridgehead atoms. The van der Waals surface area contributed by atoms with Gasteiger partial charge in [-0.05, 0) is 23.3 Å². The zero-order chi connectivity index (χ0) is 19.1. The molecule has 1 N–H and O–H groups in total. The molecule has 27 heavy (non-hydrogen) atoms. The highest BCUT2D eigenvalue weighted by Crippen LogP contribution is 2.21. The third-order valence-corrected chi connectivity index (χ3v) is 5.42. The summed E-state index contributed by atoms with van der Waals surface area (Å²) in [5, 5.41) is 4.10. The summed E-state index contributed by atoms with van der Waals surface area (Å²) < 4.78 is 0. The van der Waals surface area contributed by atoms with Crippen LogP contribution in [0.2, 0.25) is 10.0 Å². The van der Waals surface area contributed by atoms with E-state index in [9.17, 15) is 4.79 Å². The number of carbonyl (C=O) groups is 1. The normalized spacial score (nSPS) is 15.6. The summed E-state index contributed by atoms with van der Waals surface area (Å²) in [4.78, 5) is 17.0. The predicted octanol–water partition coefficient (Wildman–Crippen LogP) is 3.47. The SMILES string of the molecule is O=C(Cc1ccc(Cl)cc1Cl)NCCN1CCN(Cc2ccccc2)CC1. The van der Waals surface area contributed by atoms with E-state index < -0.39 is 0 Å². The minimum absolute atomic E-state index is 0.0121. The van der Waals surface area contributed by atoms with Gasteiger partial charge in [0.05, 0.1) is 6.42 Å². The molecule has 1 aliphatic rings. The van der Waals surface area contributed by atoms with Crippen LogP contribution in [-0.4, -0.2) is 55.0 Å². The van der Waals surface area contributed by atoms with E-state index >= 15 is 0 Å².